The zero-order valence-corrected chi connectivity index (χ0v) is 11.0. The maximum Gasteiger partial charge on any atom is 0.539 e. The summed E-state index contributed by atoms with van der Waals surface area (Å²) in [6.45, 7) is 0. The van der Waals surface area contributed by atoms with E-state index in [0.717, 1.165) is 0 Å². The van der Waals surface area contributed by atoms with Crippen LogP contribution >= 0.6 is 0 Å². The highest BCUT2D eigenvalue weighted by molar-refractivity contribution is 6.75. The molecular weight excluding hydrogens is 250 g/mol. The van der Waals surface area contributed by atoms with Crippen molar-refractivity contribution in [3.63, 3.8) is 0 Å². The number of hydrogen-bond donors (Lipinski definition) is 0. The molecule has 17 heavy (non-hydrogen) atoms. The second-order valence-electron chi connectivity index (χ2n) is 3.11. The molecule has 0 heterocycles. The summed E-state index contributed by atoms with van der Waals surface area (Å²) < 4.78 is 47.3. The fourth-order valence-corrected chi connectivity index (χ4v) is 3.33. The Labute approximate surface area is 99.4 Å². The number of methoxy groups -OCH3 is 1. The Hall–Kier alpha value is -1.02. The van der Waals surface area contributed by atoms with E-state index in [9.17, 15) is 8.78 Å². The number of benzene rings is 1. The SMILES string of the molecule is COc1ccc([Si](OC)(OC)OC)c(F)c1F. The second kappa shape index (κ2) is 5.54. The van der Waals surface area contributed by atoms with E-state index in [4.69, 9.17) is 13.3 Å². The van der Waals surface area contributed by atoms with Crippen molar-refractivity contribution in [3.8, 4) is 5.75 Å². The van der Waals surface area contributed by atoms with Crippen LogP contribution in [0.15, 0.2) is 12.1 Å². The number of ether oxygens (including phenoxy) is 1. The molecule has 4 nitrogen and oxygen atoms in total. The first kappa shape index (κ1) is 14.0. The van der Waals surface area contributed by atoms with E-state index in [-0.39, 0.29) is 10.9 Å². The van der Waals surface area contributed by atoms with Crippen LogP contribution < -0.4 is 9.92 Å². The van der Waals surface area contributed by atoms with E-state index in [1.54, 1.807) is 0 Å². The van der Waals surface area contributed by atoms with Crippen molar-refractivity contribution >= 4 is 14.0 Å². The molecule has 0 aliphatic rings. The Bertz CT molecular complexity index is 388. The monoisotopic (exact) mass is 264 g/mol. The van der Waals surface area contributed by atoms with Crippen LogP contribution in [0.1, 0.15) is 0 Å². The highest BCUT2D eigenvalue weighted by Gasteiger charge is 2.44. The molecular formula is C10H14F2O4Si. The molecule has 1 rings (SSSR count). The minimum atomic E-state index is -3.38. The van der Waals surface area contributed by atoms with Crippen LogP contribution in [0.2, 0.25) is 0 Å². The third-order valence-electron chi connectivity index (χ3n) is 2.40. The van der Waals surface area contributed by atoms with Gasteiger partial charge in [0.15, 0.2) is 11.6 Å². The largest absolute Gasteiger partial charge is 0.539 e. The molecule has 96 valence electrons. The van der Waals surface area contributed by atoms with Gasteiger partial charge in [0.05, 0.1) is 12.3 Å². The van der Waals surface area contributed by atoms with E-state index < -0.39 is 20.4 Å². The molecule has 1 aromatic carbocycles. The number of rotatable bonds is 5. The van der Waals surface area contributed by atoms with Crippen molar-refractivity contribution < 1.29 is 26.8 Å². The fourth-order valence-electron chi connectivity index (χ4n) is 1.51. The van der Waals surface area contributed by atoms with Gasteiger partial charge in [-0.1, -0.05) is 0 Å². The van der Waals surface area contributed by atoms with E-state index >= 15 is 0 Å². The van der Waals surface area contributed by atoms with Gasteiger partial charge in [-0.15, -0.1) is 0 Å². The first-order chi connectivity index (χ1) is 8.06. The summed E-state index contributed by atoms with van der Waals surface area (Å²) in [5.41, 5.74) is 0. The van der Waals surface area contributed by atoms with Gasteiger partial charge < -0.3 is 18.0 Å². The van der Waals surface area contributed by atoms with Crippen LogP contribution in [0, 0.1) is 11.6 Å². The van der Waals surface area contributed by atoms with Crippen LogP contribution in [0.3, 0.4) is 0 Å². The highest BCUT2D eigenvalue weighted by atomic mass is 28.4. The van der Waals surface area contributed by atoms with Gasteiger partial charge in [-0.2, -0.15) is 4.39 Å². The summed E-state index contributed by atoms with van der Waals surface area (Å²) in [6.07, 6.45) is 0. The summed E-state index contributed by atoms with van der Waals surface area (Å²) in [6, 6.07) is 2.63. The first-order valence-corrected chi connectivity index (χ1v) is 6.46. The molecule has 0 radical (unpaired) electrons. The Morgan fingerprint density at radius 3 is 1.82 bits per heavy atom. The maximum atomic E-state index is 13.8. The molecule has 0 saturated carbocycles. The maximum absolute atomic E-state index is 13.8. The van der Waals surface area contributed by atoms with Gasteiger partial charge in [0, 0.05) is 21.3 Å². The van der Waals surface area contributed by atoms with Gasteiger partial charge in [-0.05, 0) is 12.1 Å². The van der Waals surface area contributed by atoms with E-state index in [0.29, 0.717) is 0 Å². The molecule has 0 unspecified atom stereocenters. The second-order valence-corrected chi connectivity index (χ2v) is 5.99. The predicted octanol–water partition coefficient (Wildman–Crippen LogP) is 1.06. The Kier molecular flexibility index (Phi) is 4.58. The third-order valence-corrected chi connectivity index (χ3v) is 5.06. The van der Waals surface area contributed by atoms with Gasteiger partial charge >= 0.3 is 8.80 Å². The van der Waals surface area contributed by atoms with Crippen molar-refractivity contribution in [2.75, 3.05) is 28.4 Å². The quantitative estimate of drug-likeness (QED) is 0.745. The highest BCUT2D eigenvalue weighted by Crippen LogP contribution is 2.20. The predicted molar refractivity (Wildman–Crippen MR) is 59.3 cm³/mol. The van der Waals surface area contributed by atoms with Crippen molar-refractivity contribution in [2.24, 2.45) is 0 Å². The Morgan fingerprint density at radius 1 is 0.882 bits per heavy atom. The van der Waals surface area contributed by atoms with E-state index in [2.05, 4.69) is 4.74 Å². The third kappa shape index (κ3) is 2.32. The molecule has 0 aliphatic heterocycles. The van der Waals surface area contributed by atoms with E-state index in [1.807, 2.05) is 0 Å². The molecule has 0 saturated heterocycles. The lowest BCUT2D eigenvalue weighted by Crippen LogP contribution is -2.56. The molecule has 0 spiro atoms. The van der Waals surface area contributed by atoms with Crippen LogP contribution in [-0.4, -0.2) is 37.2 Å². The molecule has 0 bridgehead atoms. The molecule has 0 N–H and O–H groups in total. The molecule has 0 amide bonds. The fraction of sp³-hybridized carbons (Fsp3) is 0.400. The van der Waals surface area contributed by atoms with Crippen molar-refractivity contribution in [2.45, 2.75) is 0 Å². The van der Waals surface area contributed by atoms with Crippen molar-refractivity contribution in [1.29, 1.82) is 0 Å². The zero-order chi connectivity index (χ0) is 13.1. The van der Waals surface area contributed by atoms with Crippen LogP contribution in [-0.2, 0) is 13.3 Å². The van der Waals surface area contributed by atoms with Gasteiger partial charge in [0.25, 0.3) is 0 Å². The Morgan fingerprint density at radius 2 is 1.41 bits per heavy atom. The molecule has 7 heteroatoms. The summed E-state index contributed by atoms with van der Waals surface area (Å²) in [4.78, 5) is 0. The minimum absolute atomic E-state index is 0.0664. The molecule has 0 fully saturated rings. The average molecular weight is 264 g/mol. The number of hydrogen-bond acceptors (Lipinski definition) is 4. The van der Waals surface area contributed by atoms with E-state index in [1.165, 1.54) is 40.6 Å². The lowest BCUT2D eigenvalue weighted by atomic mass is 10.3. The van der Waals surface area contributed by atoms with Gasteiger partial charge in [-0.3, -0.25) is 0 Å². The summed E-state index contributed by atoms with van der Waals surface area (Å²) in [5, 5.41) is -0.0664. The topological polar surface area (TPSA) is 36.9 Å². The molecule has 0 aromatic heterocycles. The lowest BCUT2D eigenvalue weighted by Gasteiger charge is -2.25. The van der Waals surface area contributed by atoms with Crippen LogP contribution in [0.5, 0.6) is 5.75 Å². The normalized spacial score (nSPS) is 11.6. The van der Waals surface area contributed by atoms with Crippen molar-refractivity contribution in [3.05, 3.63) is 23.8 Å². The zero-order valence-electron chi connectivity index (χ0n) is 10.0. The summed E-state index contributed by atoms with van der Waals surface area (Å²) >= 11 is 0. The summed E-state index contributed by atoms with van der Waals surface area (Å²) in [5.74, 6) is -2.35. The van der Waals surface area contributed by atoms with Crippen molar-refractivity contribution in [1.82, 2.24) is 0 Å². The van der Waals surface area contributed by atoms with Crippen LogP contribution in [0.25, 0.3) is 0 Å². The lowest BCUT2D eigenvalue weighted by molar-refractivity contribution is 0.139. The molecule has 1 aromatic rings. The minimum Gasteiger partial charge on any atom is -0.494 e. The standard InChI is InChI=1S/C10H14F2O4Si/c1-13-7-5-6-8(10(12)9(7)11)17(14-2,15-3)16-4/h5-6H,1-4H3. The average Bonchev–Trinajstić information content (AvgIpc) is 2.37. The molecule has 0 atom stereocenters. The molecule has 0 aliphatic carbocycles. The smallest absolute Gasteiger partial charge is 0.494 e. The first-order valence-electron chi connectivity index (χ1n) is 4.74. The van der Waals surface area contributed by atoms with Gasteiger partial charge in [0.1, 0.15) is 0 Å². The van der Waals surface area contributed by atoms with Gasteiger partial charge in [0.2, 0.25) is 5.82 Å². The van der Waals surface area contributed by atoms with Gasteiger partial charge in [-0.25, -0.2) is 4.39 Å². The summed E-state index contributed by atoms with van der Waals surface area (Å²) in [7, 11) is 1.84. The van der Waals surface area contributed by atoms with Crippen LogP contribution in [0.4, 0.5) is 8.78 Å². The number of halogens is 2. The Balaban J connectivity index is 3.36.